The van der Waals surface area contributed by atoms with Crippen molar-refractivity contribution in [2.45, 2.75) is 6.92 Å². The molecule has 0 bridgehead atoms. The zero-order chi connectivity index (χ0) is 11.0. The minimum absolute atomic E-state index is 0.101. The van der Waals surface area contributed by atoms with E-state index >= 15 is 0 Å². The summed E-state index contributed by atoms with van der Waals surface area (Å²) in [4.78, 5) is 10.6. The molecule has 0 unspecified atom stereocenters. The first-order valence-electron chi connectivity index (χ1n) is 3.62. The number of hydrogen-bond donors (Lipinski definition) is 0. The second-order valence-electron chi connectivity index (χ2n) is 1.97. The number of carbonyl (C=O) groups is 1. The van der Waals surface area contributed by atoms with Gasteiger partial charge in [0, 0.05) is 0 Å². The average molecular weight is 222 g/mol. The molecule has 0 radical (unpaired) electrons. The quantitative estimate of drug-likeness (QED) is 0.373. The van der Waals surface area contributed by atoms with Gasteiger partial charge in [-0.1, -0.05) is 5.92 Å². The summed E-state index contributed by atoms with van der Waals surface area (Å²) in [6.07, 6.45) is 3.70. The smallest absolute Gasteiger partial charge is 0.435 e. The van der Waals surface area contributed by atoms with Crippen LogP contribution in [-0.4, -0.2) is 33.7 Å². The number of rotatable bonds is 5. The molecule has 0 saturated carbocycles. The molecule has 0 N–H and O–H groups in total. The van der Waals surface area contributed by atoms with Crippen molar-refractivity contribution in [3.8, 4) is 12.3 Å². The van der Waals surface area contributed by atoms with E-state index < -0.39 is 28.8 Å². The molecule has 7 heteroatoms. The third-order valence-electron chi connectivity index (χ3n) is 0.905. The maximum absolute atomic E-state index is 10.8. The molecule has 6 nitrogen and oxygen atoms in total. The molecular formula is C7H10O6S. The molecule has 0 aliphatic heterocycles. The van der Waals surface area contributed by atoms with E-state index in [1.165, 1.54) is 0 Å². The molecule has 0 amide bonds. The fourth-order valence-electron chi connectivity index (χ4n) is 0.438. The topological polar surface area (TPSA) is 78.9 Å². The third kappa shape index (κ3) is 6.28. The summed E-state index contributed by atoms with van der Waals surface area (Å²) in [6, 6.07) is 0. The van der Waals surface area contributed by atoms with Crippen molar-refractivity contribution >= 4 is 16.3 Å². The van der Waals surface area contributed by atoms with E-state index in [-0.39, 0.29) is 6.61 Å². The zero-order valence-electron chi connectivity index (χ0n) is 7.56. The van der Waals surface area contributed by atoms with Crippen LogP contribution in [0.4, 0.5) is 4.79 Å². The minimum atomic E-state index is -3.92. The first kappa shape index (κ1) is 12.7. The summed E-state index contributed by atoms with van der Waals surface area (Å²) in [6.45, 7) is 1.27. The first-order chi connectivity index (χ1) is 6.52. The largest absolute Gasteiger partial charge is 0.509 e. The van der Waals surface area contributed by atoms with Crippen LogP contribution in [0.15, 0.2) is 0 Å². The molecule has 0 heterocycles. The maximum atomic E-state index is 10.8. The predicted octanol–water partition coefficient (Wildman–Crippen LogP) is 0.0966. The Hall–Kier alpha value is -1.26. The van der Waals surface area contributed by atoms with Crippen molar-refractivity contribution in [2.24, 2.45) is 0 Å². The van der Waals surface area contributed by atoms with E-state index in [2.05, 4.69) is 13.7 Å². The Morgan fingerprint density at radius 1 is 1.43 bits per heavy atom. The fraction of sp³-hybridized carbons (Fsp3) is 0.571. The van der Waals surface area contributed by atoms with Crippen molar-refractivity contribution in [3.05, 3.63) is 0 Å². The van der Waals surface area contributed by atoms with Crippen LogP contribution >= 0.6 is 0 Å². The molecule has 0 fully saturated rings. The number of hydrogen-bond acceptors (Lipinski definition) is 6. The second-order valence-corrected chi connectivity index (χ2v) is 3.56. The van der Waals surface area contributed by atoms with E-state index in [1.54, 1.807) is 6.92 Å². The lowest BCUT2D eigenvalue weighted by Gasteiger charge is -2.04. The molecule has 0 aliphatic rings. The van der Waals surface area contributed by atoms with Crippen molar-refractivity contribution < 1.29 is 26.9 Å². The molecule has 14 heavy (non-hydrogen) atoms. The van der Waals surface area contributed by atoms with Gasteiger partial charge in [0.25, 0.3) is 0 Å². The van der Waals surface area contributed by atoms with E-state index in [0.29, 0.717) is 0 Å². The van der Waals surface area contributed by atoms with Gasteiger partial charge in [0.1, 0.15) is 6.61 Å². The van der Waals surface area contributed by atoms with Crippen LogP contribution in [0.3, 0.4) is 0 Å². The first-order valence-corrected chi connectivity index (χ1v) is 5.19. The van der Waals surface area contributed by atoms with Gasteiger partial charge in [0.2, 0.25) is 5.94 Å². The third-order valence-corrected chi connectivity index (χ3v) is 1.79. The Bertz CT molecular complexity index is 312. The summed E-state index contributed by atoms with van der Waals surface area (Å²) in [7, 11) is -3.92. The van der Waals surface area contributed by atoms with Crippen molar-refractivity contribution in [1.82, 2.24) is 0 Å². The lowest BCUT2D eigenvalue weighted by Crippen LogP contribution is -2.17. The Morgan fingerprint density at radius 2 is 2.07 bits per heavy atom. The number of ether oxygens (including phenoxy) is 2. The van der Waals surface area contributed by atoms with Crippen LogP contribution in [0.2, 0.25) is 0 Å². The zero-order valence-corrected chi connectivity index (χ0v) is 8.37. The summed E-state index contributed by atoms with van der Waals surface area (Å²) in [5.74, 6) is 1.05. The van der Waals surface area contributed by atoms with E-state index in [1.807, 2.05) is 5.92 Å². The van der Waals surface area contributed by atoms with Crippen molar-refractivity contribution in [3.63, 3.8) is 0 Å². The molecule has 0 spiro atoms. The predicted molar refractivity (Wildman–Crippen MR) is 46.7 cm³/mol. The van der Waals surface area contributed by atoms with Gasteiger partial charge >= 0.3 is 16.3 Å². The number of terminal acetylenes is 1. The molecule has 0 atom stereocenters. The van der Waals surface area contributed by atoms with Gasteiger partial charge in [-0.15, -0.1) is 6.42 Å². The van der Waals surface area contributed by atoms with Crippen LogP contribution in [-0.2, 0) is 23.8 Å². The van der Waals surface area contributed by atoms with Crippen LogP contribution in [0.5, 0.6) is 0 Å². The standard InChI is InChI=1S/C7H10O6S/c1-3-5-13-14(9,10)6-12-7(8)11-4-2/h1H,4-6H2,2H3. The Kier molecular flexibility index (Phi) is 5.67. The van der Waals surface area contributed by atoms with Gasteiger partial charge in [-0.25, -0.2) is 4.79 Å². The molecular weight excluding hydrogens is 212 g/mol. The summed E-state index contributed by atoms with van der Waals surface area (Å²) < 4.78 is 34.4. The monoisotopic (exact) mass is 222 g/mol. The van der Waals surface area contributed by atoms with Gasteiger partial charge in [0.15, 0.2) is 0 Å². The van der Waals surface area contributed by atoms with E-state index in [4.69, 9.17) is 6.42 Å². The van der Waals surface area contributed by atoms with Crippen LogP contribution in [0.1, 0.15) is 6.92 Å². The molecule has 0 aromatic carbocycles. The lowest BCUT2D eigenvalue weighted by atomic mass is 10.8. The highest BCUT2D eigenvalue weighted by atomic mass is 32.2. The molecule has 0 aromatic heterocycles. The van der Waals surface area contributed by atoms with Crippen LogP contribution in [0, 0.1) is 12.3 Å². The maximum Gasteiger partial charge on any atom is 0.509 e. The van der Waals surface area contributed by atoms with Crippen molar-refractivity contribution in [1.29, 1.82) is 0 Å². The van der Waals surface area contributed by atoms with E-state index in [9.17, 15) is 13.2 Å². The van der Waals surface area contributed by atoms with Crippen LogP contribution < -0.4 is 0 Å². The SMILES string of the molecule is C#CCOS(=O)(=O)COC(=O)OCC. The average Bonchev–Trinajstić information content (AvgIpc) is 2.13. The highest BCUT2D eigenvalue weighted by Gasteiger charge is 2.14. The summed E-state index contributed by atoms with van der Waals surface area (Å²) in [5.41, 5.74) is 0. The fourth-order valence-corrected chi connectivity index (χ4v) is 0.994. The molecule has 0 aliphatic carbocycles. The molecule has 0 saturated heterocycles. The summed E-state index contributed by atoms with van der Waals surface area (Å²) >= 11 is 0. The van der Waals surface area contributed by atoms with Gasteiger partial charge in [-0.2, -0.15) is 8.42 Å². The van der Waals surface area contributed by atoms with Crippen molar-refractivity contribution in [2.75, 3.05) is 19.2 Å². The molecule has 0 aromatic rings. The van der Waals surface area contributed by atoms with Crippen LogP contribution in [0.25, 0.3) is 0 Å². The molecule has 80 valence electrons. The Morgan fingerprint density at radius 3 is 2.57 bits per heavy atom. The van der Waals surface area contributed by atoms with Gasteiger partial charge in [-0.05, 0) is 6.92 Å². The van der Waals surface area contributed by atoms with Gasteiger partial charge in [-0.3, -0.25) is 4.18 Å². The Balaban J connectivity index is 3.89. The minimum Gasteiger partial charge on any atom is -0.435 e. The summed E-state index contributed by atoms with van der Waals surface area (Å²) in [5, 5.41) is 0. The highest BCUT2D eigenvalue weighted by molar-refractivity contribution is 7.86. The highest BCUT2D eigenvalue weighted by Crippen LogP contribution is 1.95. The molecule has 0 rings (SSSR count). The lowest BCUT2D eigenvalue weighted by molar-refractivity contribution is 0.0695. The van der Waals surface area contributed by atoms with Gasteiger partial charge in [0.05, 0.1) is 6.61 Å². The Labute approximate surface area is 82.3 Å². The van der Waals surface area contributed by atoms with Gasteiger partial charge < -0.3 is 9.47 Å². The van der Waals surface area contributed by atoms with E-state index in [0.717, 1.165) is 0 Å². The normalized spacial score (nSPS) is 10.3. The second kappa shape index (κ2) is 6.23. The number of carbonyl (C=O) groups excluding carboxylic acids is 1.